The van der Waals surface area contributed by atoms with Crippen molar-refractivity contribution in [1.82, 2.24) is 9.97 Å². The van der Waals surface area contributed by atoms with Gasteiger partial charge < -0.3 is 10.5 Å². The number of aryl methyl sites for hydroxylation is 1. The van der Waals surface area contributed by atoms with Gasteiger partial charge in [0.15, 0.2) is 0 Å². The monoisotopic (exact) mass is 214 g/mol. The summed E-state index contributed by atoms with van der Waals surface area (Å²) < 4.78 is 0. The van der Waals surface area contributed by atoms with E-state index in [0.717, 1.165) is 17.2 Å². The van der Waals surface area contributed by atoms with Crippen LogP contribution >= 0.6 is 11.8 Å². The van der Waals surface area contributed by atoms with E-state index in [1.54, 1.807) is 17.8 Å². The Morgan fingerprint density at radius 2 is 2.36 bits per heavy atom. The number of aliphatic hydroxyl groups is 1. The highest BCUT2D eigenvalue weighted by atomic mass is 32.2. The fourth-order valence-electron chi connectivity index (χ4n) is 0.929. The zero-order chi connectivity index (χ0) is 10.4. The molecule has 0 bridgehead atoms. The third kappa shape index (κ3) is 3.49. The fraction of sp³-hybridized carbons (Fsp3) is 0.500. The molecule has 0 aromatic carbocycles. The quantitative estimate of drug-likeness (QED) is 0.218. The van der Waals surface area contributed by atoms with E-state index in [4.69, 9.17) is 10.9 Å². The summed E-state index contributed by atoms with van der Waals surface area (Å²) in [7, 11) is 0. The van der Waals surface area contributed by atoms with Crippen molar-refractivity contribution in [1.29, 1.82) is 0 Å². The molecular formula is C8H14N4OS. The Hall–Kier alpha value is -0.850. The smallest absolute Gasteiger partial charge is 0.144 e. The molecule has 0 radical (unpaired) electrons. The number of thioether (sulfide) groups is 1. The molecule has 1 heterocycles. The summed E-state index contributed by atoms with van der Waals surface area (Å²) in [5, 5.41) is 9.50. The maximum absolute atomic E-state index is 8.62. The summed E-state index contributed by atoms with van der Waals surface area (Å²) in [5.74, 6) is 7.40. The largest absolute Gasteiger partial charge is 0.396 e. The first-order valence-electron chi connectivity index (χ1n) is 4.32. The average Bonchev–Trinajstić information content (AvgIpc) is 2.17. The van der Waals surface area contributed by atoms with Crippen LogP contribution in [-0.2, 0) is 0 Å². The summed E-state index contributed by atoms with van der Waals surface area (Å²) in [6.45, 7) is 2.02. The maximum Gasteiger partial charge on any atom is 0.144 e. The van der Waals surface area contributed by atoms with Gasteiger partial charge in [-0.05, 0) is 13.3 Å². The summed E-state index contributed by atoms with van der Waals surface area (Å²) in [6, 6.07) is 1.79. The second-order valence-electron chi connectivity index (χ2n) is 2.71. The lowest BCUT2D eigenvalue weighted by atomic mass is 10.5. The lowest BCUT2D eigenvalue weighted by Crippen LogP contribution is -2.09. The van der Waals surface area contributed by atoms with Crippen molar-refractivity contribution in [2.45, 2.75) is 18.4 Å². The summed E-state index contributed by atoms with van der Waals surface area (Å²) >= 11 is 1.58. The zero-order valence-electron chi connectivity index (χ0n) is 8.03. The average molecular weight is 214 g/mol. The molecule has 0 aliphatic heterocycles. The first-order valence-corrected chi connectivity index (χ1v) is 5.31. The summed E-state index contributed by atoms with van der Waals surface area (Å²) in [4.78, 5) is 8.30. The van der Waals surface area contributed by atoms with Crippen LogP contribution in [0.15, 0.2) is 11.1 Å². The Balaban J connectivity index is 2.62. The molecule has 14 heavy (non-hydrogen) atoms. The van der Waals surface area contributed by atoms with Crippen LogP contribution in [0.4, 0.5) is 5.82 Å². The number of nitrogen functional groups attached to an aromatic ring is 1. The first-order chi connectivity index (χ1) is 6.76. The van der Waals surface area contributed by atoms with Crippen molar-refractivity contribution in [3.05, 3.63) is 11.9 Å². The molecule has 0 saturated heterocycles. The van der Waals surface area contributed by atoms with Gasteiger partial charge >= 0.3 is 0 Å². The predicted octanol–water partition coefficient (Wildman–Crippen LogP) is 0.545. The van der Waals surface area contributed by atoms with Gasteiger partial charge in [0, 0.05) is 18.4 Å². The van der Waals surface area contributed by atoms with E-state index in [1.807, 2.05) is 6.92 Å². The lowest BCUT2D eigenvalue weighted by Gasteiger charge is -2.04. The highest BCUT2D eigenvalue weighted by molar-refractivity contribution is 7.99. The molecule has 1 aromatic rings. The number of nitrogens with two attached hydrogens (primary N) is 1. The third-order valence-corrected chi connectivity index (χ3v) is 2.51. The van der Waals surface area contributed by atoms with Crippen LogP contribution in [-0.4, -0.2) is 27.4 Å². The second-order valence-corrected chi connectivity index (χ2v) is 3.82. The number of nitrogens with zero attached hydrogens (tertiary/aromatic N) is 2. The summed E-state index contributed by atoms with van der Waals surface area (Å²) in [5.41, 5.74) is 2.48. The molecule has 78 valence electrons. The topological polar surface area (TPSA) is 84.1 Å². The number of aromatic nitrogens is 2. The minimum Gasteiger partial charge on any atom is -0.396 e. The number of nitrogens with one attached hydrogen (secondary N) is 1. The fourth-order valence-corrected chi connectivity index (χ4v) is 1.80. The van der Waals surface area contributed by atoms with Gasteiger partial charge in [-0.25, -0.2) is 15.8 Å². The van der Waals surface area contributed by atoms with Crippen molar-refractivity contribution in [3.63, 3.8) is 0 Å². The van der Waals surface area contributed by atoms with Gasteiger partial charge in [-0.3, -0.25) is 0 Å². The van der Waals surface area contributed by atoms with Crippen molar-refractivity contribution >= 4 is 17.6 Å². The van der Waals surface area contributed by atoms with E-state index in [1.165, 1.54) is 0 Å². The SMILES string of the molecule is Cc1nc(NN)cc(SCCCO)n1. The van der Waals surface area contributed by atoms with Crippen LogP contribution in [0.25, 0.3) is 0 Å². The minimum absolute atomic E-state index is 0.207. The van der Waals surface area contributed by atoms with E-state index >= 15 is 0 Å². The Morgan fingerprint density at radius 3 is 3.00 bits per heavy atom. The Labute approximate surface area is 87.1 Å². The van der Waals surface area contributed by atoms with Gasteiger partial charge in [0.2, 0.25) is 0 Å². The standard InChI is InChI=1S/C8H14N4OS/c1-6-10-7(12-9)5-8(11-6)14-4-2-3-13/h5,13H,2-4,9H2,1H3,(H,10,11,12). The van der Waals surface area contributed by atoms with Crippen LogP contribution < -0.4 is 11.3 Å². The van der Waals surface area contributed by atoms with Gasteiger partial charge in [-0.15, -0.1) is 11.8 Å². The van der Waals surface area contributed by atoms with Crippen LogP contribution in [0, 0.1) is 6.92 Å². The Morgan fingerprint density at radius 1 is 1.57 bits per heavy atom. The molecule has 0 saturated carbocycles. The van der Waals surface area contributed by atoms with E-state index in [0.29, 0.717) is 11.6 Å². The molecule has 4 N–H and O–H groups in total. The second kappa shape index (κ2) is 5.79. The van der Waals surface area contributed by atoms with Gasteiger partial charge in [0.25, 0.3) is 0 Å². The van der Waals surface area contributed by atoms with Crippen molar-refractivity contribution in [2.24, 2.45) is 5.84 Å². The molecular weight excluding hydrogens is 200 g/mol. The van der Waals surface area contributed by atoms with Crippen molar-refractivity contribution < 1.29 is 5.11 Å². The van der Waals surface area contributed by atoms with Gasteiger partial charge in [-0.2, -0.15) is 0 Å². The van der Waals surface area contributed by atoms with Crippen LogP contribution in [0.5, 0.6) is 0 Å². The van der Waals surface area contributed by atoms with Gasteiger partial charge in [0.1, 0.15) is 16.7 Å². The van der Waals surface area contributed by atoms with Gasteiger partial charge in [-0.1, -0.05) is 0 Å². The molecule has 0 atom stereocenters. The van der Waals surface area contributed by atoms with Crippen LogP contribution in [0.3, 0.4) is 0 Å². The van der Waals surface area contributed by atoms with Crippen molar-refractivity contribution in [2.75, 3.05) is 17.8 Å². The minimum atomic E-state index is 0.207. The summed E-state index contributed by atoms with van der Waals surface area (Å²) in [6.07, 6.45) is 0.763. The molecule has 0 unspecified atom stereocenters. The van der Waals surface area contributed by atoms with Crippen molar-refractivity contribution in [3.8, 4) is 0 Å². The number of rotatable bonds is 5. The highest BCUT2D eigenvalue weighted by Crippen LogP contribution is 2.18. The predicted molar refractivity (Wildman–Crippen MR) is 57.0 cm³/mol. The van der Waals surface area contributed by atoms with Gasteiger partial charge in [0.05, 0.1) is 0 Å². The van der Waals surface area contributed by atoms with E-state index in [9.17, 15) is 0 Å². The van der Waals surface area contributed by atoms with Crippen LogP contribution in [0.1, 0.15) is 12.2 Å². The zero-order valence-corrected chi connectivity index (χ0v) is 8.84. The number of hydrogen-bond acceptors (Lipinski definition) is 6. The van der Waals surface area contributed by atoms with E-state index in [-0.39, 0.29) is 6.61 Å². The van der Waals surface area contributed by atoms with E-state index in [2.05, 4.69) is 15.4 Å². The molecule has 0 aliphatic rings. The van der Waals surface area contributed by atoms with Crippen LogP contribution in [0.2, 0.25) is 0 Å². The van der Waals surface area contributed by atoms with E-state index < -0.39 is 0 Å². The third-order valence-electron chi connectivity index (χ3n) is 1.51. The molecule has 0 amide bonds. The number of hydrazine groups is 1. The Bertz CT molecular complexity index is 295. The molecule has 5 nitrogen and oxygen atoms in total. The number of anilines is 1. The molecule has 0 aliphatic carbocycles. The first kappa shape index (κ1) is 11.2. The molecule has 6 heteroatoms. The Kier molecular flexibility index (Phi) is 4.64. The molecule has 1 aromatic heterocycles. The number of hydrogen-bond donors (Lipinski definition) is 3. The molecule has 0 fully saturated rings. The maximum atomic E-state index is 8.62. The normalized spacial score (nSPS) is 10.2. The molecule has 1 rings (SSSR count). The lowest BCUT2D eigenvalue weighted by molar-refractivity contribution is 0.296. The highest BCUT2D eigenvalue weighted by Gasteiger charge is 2.00. The molecule has 0 spiro atoms. The number of aliphatic hydroxyl groups excluding tert-OH is 1.